The van der Waals surface area contributed by atoms with Gasteiger partial charge in [0.15, 0.2) is 0 Å². The lowest BCUT2D eigenvalue weighted by Crippen LogP contribution is -2.47. The number of carboxylic acid groups (broad SMARTS) is 1. The molecule has 0 aliphatic carbocycles. The molecule has 0 aliphatic rings. The van der Waals surface area contributed by atoms with Gasteiger partial charge in [0, 0.05) is 0 Å². The number of hydrogen-bond donors (Lipinski definition) is 4. The molecule has 0 fully saturated rings. The van der Waals surface area contributed by atoms with Gasteiger partial charge in [-0.2, -0.15) is 0 Å². The van der Waals surface area contributed by atoms with Crippen LogP contribution in [0.3, 0.4) is 0 Å². The molecule has 0 aromatic rings. The molecule has 7 heteroatoms. The molecular weight excluding hydrogens is 238 g/mol. The molecule has 0 saturated heterocycles. The Balaban J connectivity index is 3.93. The molecule has 3 amide bonds. The molecule has 0 aromatic carbocycles. The van der Waals surface area contributed by atoms with Crippen molar-refractivity contribution in [2.24, 2.45) is 5.92 Å². The number of hydrogen-bond acceptors (Lipinski definition) is 3. The minimum atomic E-state index is -1.15. The zero-order chi connectivity index (χ0) is 14.1. The number of carbonyl (C=O) groups excluding carboxylic acids is 2. The first-order valence-electron chi connectivity index (χ1n) is 5.35. The maximum atomic E-state index is 11.3. The van der Waals surface area contributed by atoms with Crippen LogP contribution in [0.5, 0.6) is 0 Å². The topological polar surface area (TPSA) is 108 Å². The first-order chi connectivity index (χ1) is 8.36. The Hall–Kier alpha value is -2.23. The fraction of sp³-hybridized carbons (Fsp3) is 0.545. The molecule has 0 aromatic heterocycles. The number of rotatable bonds is 6. The van der Waals surface area contributed by atoms with Crippen LogP contribution in [0.15, 0.2) is 0 Å². The maximum absolute atomic E-state index is 11.3. The summed E-state index contributed by atoms with van der Waals surface area (Å²) in [7, 11) is 0. The van der Waals surface area contributed by atoms with E-state index >= 15 is 0 Å². The number of aliphatic carboxylic acids is 1. The van der Waals surface area contributed by atoms with E-state index in [2.05, 4.69) is 21.9 Å². The average molecular weight is 255 g/mol. The number of carbonyl (C=O) groups is 3. The Labute approximate surface area is 105 Å². The third-order valence-corrected chi connectivity index (χ3v) is 1.98. The Morgan fingerprint density at radius 3 is 2.28 bits per heavy atom. The van der Waals surface area contributed by atoms with E-state index in [0.29, 0.717) is 0 Å². The predicted octanol–water partition coefficient (Wildman–Crippen LogP) is -0.856. The Morgan fingerprint density at radius 2 is 1.83 bits per heavy atom. The Morgan fingerprint density at radius 1 is 1.22 bits per heavy atom. The van der Waals surface area contributed by atoms with E-state index in [0.717, 1.165) is 0 Å². The molecule has 0 spiro atoms. The van der Waals surface area contributed by atoms with Crippen molar-refractivity contribution in [2.75, 3.05) is 13.1 Å². The highest BCUT2D eigenvalue weighted by atomic mass is 16.4. The van der Waals surface area contributed by atoms with Gasteiger partial charge in [-0.25, -0.2) is 4.79 Å². The molecule has 0 aliphatic heterocycles. The molecule has 100 valence electrons. The minimum absolute atomic E-state index is 0.0709. The molecule has 4 N–H and O–H groups in total. The van der Waals surface area contributed by atoms with Crippen LogP contribution in [0.25, 0.3) is 0 Å². The minimum Gasteiger partial charge on any atom is -0.480 e. The molecular formula is C11H17N3O4. The van der Waals surface area contributed by atoms with Crippen LogP contribution in [-0.2, 0) is 9.59 Å². The molecule has 7 nitrogen and oxygen atoms in total. The first kappa shape index (κ1) is 15.8. The highest BCUT2D eigenvalue weighted by molar-refractivity contribution is 5.86. The van der Waals surface area contributed by atoms with E-state index in [1.165, 1.54) is 0 Å². The molecule has 18 heavy (non-hydrogen) atoms. The summed E-state index contributed by atoms with van der Waals surface area (Å²) in [6, 6.07) is -0.996. The fourth-order valence-corrected chi connectivity index (χ4v) is 0.990. The van der Waals surface area contributed by atoms with Crippen molar-refractivity contribution >= 4 is 17.9 Å². The van der Waals surface area contributed by atoms with Gasteiger partial charge in [-0.3, -0.25) is 9.59 Å². The number of carboxylic acids is 1. The van der Waals surface area contributed by atoms with Crippen LogP contribution in [0.4, 0.5) is 4.79 Å². The zero-order valence-corrected chi connectivity index (χ0v) is 10.3. The van der Waals surface area contributed by atoms with E-state index in [-0.39, 0.29) is 12.5 Å². The van der Waals surface area contributed by atoms with Gasteiger partial charge in [0.25, 0.3) is 0 Å². The predicted molar refractivity (Wildman–Crippen MR) is 64.6 cm³/mol. The SMILES string of the molecule is C#CC(NC(=O)NCC(=O)NCC(=O)O)C(C)C. The molecule has 0 bridgehead atoms. The van der Waals surface area contributed by atoms with Gasteiger partial charge in [0.1, 0.15) is 6.54 Å². The highest BCUT2D eigenvalue weighted by Gasteiger charge is 2.13. The summed E-state index contributed by atoms with van der Waals surface area (Å²) >= 11 is 0. The lowest BCUT2D eigenvalue weighted by molar-refractivity contribution is -0.137. The summed E-state index contributed by atoms with van der Waals surface area (Å²) in [5.41, 5.74) is 0. The monoisotopic (exact) mass is 255 g/mol. The van der Waals surface area contributed by atoms with Crippen LogP contribution in [0, 0.1) is 18.3 Å². The van der Waals surface area contributed by atoms with Crippen LogP contribution >= 0.6 is 0 Å². The van der Waals surface area contributed by atoms with Crippen LogP contribution in [0.1, 0.15) is 13.8 Å². The summed E-state index contributed by atoms with van der Waals surface area (Å²) in [6.07, 6.45) is 5.22. The van der Waals surface area contributed by atoms with E-state index in [1.807, 2.05) is 13.8 Å². The van der Waals surface area contributed by atoms with Crippen molar-refractivity contribution in [3.8, 4) is 12.3 Å². The summed E-state index contributed by atoms with van der Waals surface area (Å²) in [5.74, 6) is 0.739. The van der Waals surface area contributed by atoms with E-state index < -0.39 is 30.5 Å². The third-order valence-electron chi connectivity index (χ3n) is 1.98. The van der Waals surface area contributed by atoms with Gasteiger partial charge >= 0.3 is 12.0 Å². The molecule has 0 heterocycles. The normalized spacial score (nSPS) is 11.2. The van der Waals surface area contributed by atoms with Crippen LogP contribution < -0.4 is 16.0 Å². The molecule has 1 atom stereocenters. The Kier molecular flexibility index (Phi) is 6.96. The van der Waals surface area contributed by atoms with Gasteiger partial charge in [0.05, 0.1) is 12.6 Å². The number of nitrogens with one attached hydrogen (secondary N) is 3. The van der Waals surface area contributed by atoms with Crippen molar-refractivity contribution in [3.05, 3.63) is 0 Å². The second-order valence-electron chi connectivity index (χ2n) is 3.89. The molecule has 0 radical (unpaired) electrons. The first-order valence-corrected chi connectivity index (χ1v) is 5.35. The van der Waals surface area contributed by atoms with Crippen LogP contribution in [0.2, 0.25) is 0 Å². The second kappa shape index (κ2) is 7.95. The molecule has 1 unspecified atom stereocenters. The fourth-order valence-electron chi connectivity index (χ4n) is 0.990. The number of amides is 3. The highest BCUT2D eigenvalue weighted by Crippen LogP contribution is 1.98. The smallest absolute Gasteiger partial charge is 0.322 e. The molecule has 0 rings (SSSR count). The van der Waals surface area contributed by atoms with Gasteiger partial charge in [-0.15, -0.1) is 6.42 Å². The summed E-state index contributed by atoms with van der Waals surface area (Å²) in [4.78, 5) is 32.6. The van der Waals surface area contributed by atoms with E-state index in [1.54, 1.807) is 0 Å². The van der Waals surface area contributed by atoms with Crippen molar-refractivity contribution < 1.29 is 19.5 Å². The lowest BCUT2D eigenvalue weighted by atomic mass is 10.1. The van der Waals surface area contributed by atoms with Gasteiger partial charge in [0.2, 0.25) is 5.91 Å². The quantitative estimate of drug-likeness (QED) is 0.463. The van der Waals surface area contributed by atoms with E-state index in [9.17, 15) is 14.4 Å². The van der Waals surface area contributed by atoms with Crippen molar-refractivity contribution in [2.45, 2.75) is 19.9 Å². The Bertz CT molecular complexity index is 360. The molecule has 0 saturated carbocycles. The van der Waals surface area contributed by atoms with Gasteiger partial charge < -0.3 is 21.1 Å². The zero-order valence-electron chi connectivity index (χ0n) is 10.3. The van der Waals surface area contributed by atoms with Crippen molar-refractivity contribution in [1.82, 2.24) is 16.0 Å². The van der Waals surface area contributed by atoms with Gasteiger partial charge in [-0.1, -0.05) is 19.8 Å². The summed E-state index contributed by atoms with van der Waals surface area (Å²) < 4.78 is 0. The second-order valence-corrected chi connectivity index (χ2v) is 3.89. The van der Waals surface area contributed by atoms with E-state index in [4.69, 9.17) is 11.5 Å². The summed E-state index contributed by atoms with van der Waals surface area (Å²) in [6.45, 7) is 2.91. The average Bonchev–Trinajstić information content (AvgIpc) is 2.30. The van der Waals surface area contributed by atoms with Crippen LogP contribution in [-0.4, -0.2) is 42.1 Å². The lowest BCUT2D eigenvalue weighted by Gasteiger charge is -2.16. The number of urea groups is 1. The third kappa shape index (κ3) is 7.11. The summed E-state index contributed by atoms with van der Waals surface area (Å²) in [5, 5.41) is 15.2. The standard InChI is InChI=1S/C11H17N3O4/c1-4-8(7(2)3)14-11(18)13-5-9(15)12-6-10(16)17/h1,7-8H,5-6H2,2-3H3,(H,12,15)(H,16,17)(H2,13,14,18). The maximum Gasteiger partial charge on any atom is 0.322 e. The van der Waals surface area contributed by atoms with Gasteiger partial charge in [-0.05, 0) is 5.92 Å². The largest absolute Gasteiger partial charge is 0.480 e. The van der Waals surface area contributed by atoms with Crippen molar-refractivity contribution in [1.29, 1.82) is 0 Å². The number of terminal acetylenes is 1. The van der Waals surface area contributed by atoms with Crippen molar-refractivity contribution in [3.63, 3.8) is 0 Å².